The average molecular weight is 299 g/mol. The van der Waals surface area contributed by atoms with Crippen LogP contribution >= 0.6 is 22.0 Å². The first-order valence-corrected chi connectivity index (χ1v) is 8.44. The minimum absolute atomic E-state index is 1.22. The summed E-state index contributed by atoms with van der Waals surface area (Å²) in [5.74, 6) is 2.26. The fourth-order valence-electron chi connectivity index (χ4n) is 1.68. The van der Waals surface area contributed by atoms with Crippen LogP contribution in [0, 0.1) is 0 Å². The summed E-state index contributed by atoms with van der Waals surface area (Å²) in [4.78, 5) is 0. The second-order valence-electron chi connectivity index (χ2n) is 3.72. The summed E-state index contributed by atoms with van der Waals surface area (Å²) in [6.45, 7) is 4.26. The van der Waals surface area contributed by atoms with E-state index in [-0.39, 0.29) is 0 Å². The van der Waals surface area contributed by atoms with Gasteiger partial charge in [0.15, 0.2) is 0 Å². The van der Waals surface area contributed by atoms with Crippen LogP contribution in [0.4, 0.5) is 0 Å². The normalized spacial score (nSPS) is 25.7. The molecule has 78 valence electrons. The van der Waals surface area contributed by atoms with Crippen LogP contribution in [0.15, 0.2) is 51.5 Å². The van der Waals surface area contributed by atoms with Gasteiger partial charge in [-0.1, -0.05) is 42.1 Å². The van der Waals surface area contributed by atoms with Gasteiger partial charge in [-0.15, -0.1) is 0 Å². The van der Waals surface area contributed by atoms with Crippen molar-refractivity contribution in [2.45, 2.75) is 13.8 Å². The van der Waals surface area contributed by atoms with E-state index < -0.39 is 6.04 Å². The van der Waals surface area contributed by atoms with E-state index in [0.29, 0.717) is 0 Å². The number of hydrogen-bond donors (Lipinski definition) is 0. The van der Waals surface area contributed by atoms with Crippen LogP contribution in [-0.4, -0.2) is 0 Å². The lowest BCUT2D eigenvalue weighted by Crippen LogP contribution is -2.00. The highest BCUT2D eigenvalue weighted by Crippen LogP contribution is 2.63. The van der Waals surface area contributed by atoms with Crippen LogP contribution in [0.1, 0.15) is 13.8 Å². The molecule has 1 aliphatic rings. The highest BCUT2D eigenvalue weighted by molar-refractivity contribution is 9.13. The molecule has 3 heteroatoms. The van der Waals surface area contributed by atoms with E-state index in [0.717, 1.165) is 0 Å². The molecule has 0 saturated heterocycles. The summed E-state index contributed by atoms with van der Waals surface area (Å²) in [5, 5.41) is 1.27. The molecule has 0 spiro atoms. The van der Waals surface area contributed by atoms with E-state index in [1.807, 2.05) is 6.07 Å². The van der Waals surface area contributed by atoms with Crippen molar-refractivity contribution in [3.05, 3.63) is 51.5 Å². The van der Waals surface area contributed by atoms with E-state index in [1.165, 1.54) is 20.7 Å². The van der Waals surface area contributed by atoms with Crippen molar-refractivity contribution >= 4 is 39.1 Å². The summed E-state index contributed by atoms with van der Waals surface area (Å²) in [5.41, 5.74) is 2.62. The average Bonchev–Trinajstić information content (AvgIpc) is 2.45. The zero-order chi connectivity index (χ0) is 11.1. The van der Waals surface area contributed by atoms with Gasteiger partial charge in [0.2, 0.25) is 0 Å². The van der Waals surface area contributed by atoms with Gasteiger partial charge < -0.3 is 0 Å². The third kappa shape index (κ3) is 1.80. The van der Waals surface area contributed by atoms with Gasteiger partial charge in [-0.25, -0.2) is 0 Å². The molecule has 1 heterocycles. The summed E-state index contributed by atoms with van der Waals surface area (Å²) >= 11 is 9.52. The summed E-state index contributed by atoms with van der Waals surface area (Å²) in [6, 6.07) is 8.74. The minimum Gasteiger partial charge on any atom is -0.0827 e. The van der Waals surface area contributed by atoms with Crippen LogP contribution in [0.25, 0.3) is 0 Å². The van der Waals surface area contributed by atoms with Gasteiger partial charge in [0.05, 0.1) is 0 Å². The van der Waals surface area contributed by atoms with Crippen molar-refractivity contribution in [1.29, 1.82) is 0 Å². The van der Waals surface area contributed by atoms with Crippen LogP contribution in [0.2, 0.25) is 0 Å². The molecule has 0 N–H and O–H groups in total. The number of benzene rings is 1. The van der Waals surface area contributed by atoms with E-state index in [2.05, 4.69) is 59.9 Å². The molecule has 0 aromatic heterocycles. The molecule has 0 radical (unpaired) electrons. The lowest BCUT2D eigenvalue weighted by molar-refractivity contribution is 1.38. The van der Waals surface area contributed by atoms with E-state index in [4.69, 9.17) is 11.8 Å². The number of rotatable bonds is 1. The molecule has 0 bridgehead atoms. The zero-order valence-corrected chi connectivity index (χ0v) is 12.0. The zero-order valence-electron chi connectivity index (χ0n) is 8.70. The molecular weight excluding hydrogens is 287 g/mol. The highest BCUT2D eigenvalue weighted by Gasteiger charge is 2.27. The Kier molecular flexibility index (Phi) is 3.03. The smallest absolute Gasteiger partial charge is 0.0394 e. The fourth-order valence-corrected chi connectivity index (χ4v) is 6.68. The van der Waals surface area contributed by atoms with Gasteiger partial charge in [-0.2, -0.15) is 0 Å². The van der Waals surface area contributed by atoms with Gasteiger partial charge in [0.1, 0.15) is 0 Å². The Morgan fingerprint density at radius 1 is 1.13 bits per heavy atom. The Labute approximate surface area is 104 Å². The van der Waals surface area contributed by atoms with Crippen LogP contribution in [-0.2, 0) is 11.8 Å². The highest BCUT2D eigenvalue weighted by atomic mass is 79.9. The van der Waals surface area contributed by atoms with Crippen LogP contribution in [0.5, 0.6) is 0 Å². The molecule has 2 rings (SSSR count). The Morgan fingerprint density at radius 2 is 1.73 bits per heavy atom. The van der Waals surface area contributed by atoms with Gasteiger partial charge in [-0.3, -0.25) is 0 Å². The summed E-state index contributed by atoms with van der Waals surface area (Å²) in [6.07, 6.45) is 0. The SMILES string of the molecule is CC1=CP(=S)(c2ccccc2)C(Br)=C1C. The second kappa shape index (κ2) is 4.01. The van der Waals surface area contributed by atoms with Crippen molar-refractivity contribution in [3.63, 3.8) is 0 Å². The number of halogens is 1. The predicted molar refractivity (Wildman–Crippen MR) is 75.7 cm³/mol. The molecular formula is C12H12BrPS. The Balaban J connectivity index is 2.62. The van der Waals surface area contributed by atoms with Crippen molar-refractivity contribution < 1.29 is 0 Å². The Hall–Kier alpha value is -0.170. The molecule has 1 atom stereocenters. The van der Waals surface area contributed by atoms with E-state index >= 15 is 0 Å². The Morgan fingerprint density at radius 3 is 2.20 bits per heavy atom. The molecule has 1 aromatic rings. The molecule has 1 aliphatic heterocycles. The van der Waals surface area contributed by atoms with Crippen molar-refractivity contribution in [2.75, 3.05) is 0 Å². The minimum atomic E-state index is -1.66. The van der Waals surface area contributed by atoms with Crippen molar-refractivity contribution in [1.82, 2.24) is 0 Å². The maximum atomic E-state index is 5.84. The predicted octanol–water partition coefficient (Wildman–Crippen LogP) is 4.34. The van der Waals surface area contributed by atoms with Crippen molar-refractivity contribution in [2.24, 2.45) is 0 Å². The van der Waals surface area contributed by atoms with Crippen molar-refractivity contribution in [3.8, 4) is 0 Å². The largest absolute Gasteiger partial charge is 0.0827 e. The number of hydrogen-bond acceptors (Lipinski definition) is 1. The van der Waals surface area contributed by atoms with Crippen LogP contribution < -0.4 is 5.30 Å². The summed E-state index contributed by atoms with van der Waals surface area (Å²) < 4.78 is 1.22. The molecule has 0 saturated carbocycles. The van der Waals surface area contributed by atoms with Gasteiger partial charge in [0, 0.05) is 10.3 Å². The molecule has 0 nitrogen and oxygen atoms in total. The van der Waals surface area contributed by atoms with Gasteiger partial charge >= 0.3 is 0 Å². The lowest BCUT2D eigenvalue weighted by atomic mass is 10.2. The molecule has 0 aliphatic carbocycles. The maximum Gasteiger partial charge on any atom is 0.0394 e. The number of allylic oxidation sites excluding steroid dienone is 2. The molecule has 1 unspecified atom stereocenters. The molecule has 1 aromatic carbocycles. The molecule has 0 amide bonds. The van der Waals surface area contributed by atoms with Gasteiger partial charge in [-0.05, 0) is 52.0 Å². The first-order valence-electron chi connectivity index (χ1n) is 4.78. The maximum absolute atomic E-state index is 5.84. The fraction of sp³-hybridized carbons (Fsp3) is 0.167. The molecule has 0 fully saturated rings. The standard InChI is InChI=1S/C12H12BrPS/c1-9-8-14(15,12(13)10(9)2)11-6-4-3-5-7-11/h3-8H,1-2H3. The topological polar surface area (TPSA) is 0 Å². The second-order valence-corrected chi connectivity index (χ2v) is 9.39. The first kappa shape index (κ1) is 11.3. The quantitative estimate of drug-likeness (QED) is 0.695. The monoisotopic (exact) mass is 298 g/mol. The lowest BCUT2D eigenvalue weighted by Gasteiger charge is -2.15. The third-order valence-electron chi connectivity index (χ3n) is 2.71. The molecule has 15 heavy (non-hydrogen) atoms. The summed E-state index contributed by atoms with van der Waals surface area (Å²) in [7, 11) is 0. The Bertz CT molecular complexity index is 500. The van der Waals surface area contributed by atoms with E-state index in [1.54, 1.807) is 0 Å². The van der Waals surface area contributed by atoms with Gasteiger partial charge in [0.25, 0.3) is 0 Å². The first-order chi connectivity index (χ1) is 7.05. The van der Waals surface area contributed by atoms with E-state index in [9.17, 15) is 0 Å². The van der Waals surface area contributed by atoms with Crippen LogP contribution in [0.3, 0.4) is 0 Å². The third-order valence-corrected chi connectivity index (χ3v) is 9.92.